The zero-order valence-electron chi connectivity index (χ0n) is 17.0. The van der Waals surface area contributed by atoms with Crippen molar-refractivity contribution in [1.29, 1.82) is 0 Å². The van der Waals surface area contributed by atoms with Gasteiger partial charge in [-0.05, 0) is 60.6 Å². The van der Waals surface area contributed by atoms with Crippen LogP contribution in [0.4, 0.5) is 5.69 Å². The first kappa shape index (κ1) is 20.7. The number of benzene rings is 2. The molecule has 3 rings (SSSR count). The molecule has 6 nitrogen and oxygen atoms in total. The molecule has 1 aromatic heterocycles. The molecule has 2 N–H and O–H groups in total. The monoisotopic (exact) mass is 411 g/mol. The molecule has 29 heavy (non-hydrogen) atoms. The Bertz CT molecular complexity index is 1010. The standard InChI is InChI=1S/C22H25N3O3S/c1-5-16(14-8-10-18(26-2)20(13-14)28-4)24-22(29)25-17-9-11-19(27-3)21-15(17)7-6-12-23-21/h6-13,16H,5H2,1-4H3,(H2,24,25,29)/t16-/m1/s1. The number of hydrogen-bond acceptors (Lipinski definition) is 5. The molecule has 3 aromatic rings. The number of aromatic nitrogens is 1. The van der Waals surface area contributed by atoms with Crippen LogP contribution in [0.15, 0.2) is 48.7 Å². The molecular weight excluding hydrogens is 386 g/mol. The van der Waals surface area contributed by atoms with Gasteiger partial charge in [0.1, 0.15) is 11.3 Å². The fourth-order valence-electron chi connectivity index (χ4n) is 3.23. The van der Waals surface area contributed by atoms with Crippen LogP contribution in [0, 0.1) is 0 Å². The van der Waals surface area contributed by atoms with Gasteiger partial charge < -0.3 is 24.8 Å². The lowest BCUT2D eigenvalue weighted by Crippen LogP contribution is -2.32. The summed E-state index contributed by atoms with van der Waals surface area (Å²) in [5.41, 5.74) is 2.72. The molecule has 0 unspecified atom stereocenters. The zero-order valence-corrected chi connectivity index (χ0v) is 17.8. The predicted molar refractivity (Wildman–Crippen MR) is 120 cm³/mol. The maximum Gasteiger partial charge on any atom is 0.171 e. The number of anilines is 1. The highest BCUT2D eigenvalue weighted by Crippen LogP contribution is 2.32. The first-order chi connectivity index (χ1) is 14.1. The van der Waals surface area contributed by atoms with E-state index in [0.717, 1.165) is 34.3 Å². The average molecular weight is 412 g/mol. The summed E-state index contributed by atoms with van der Waals surface area (Å²) < 4.78 is 16.2. The molecule has 0 aliphatic rings. The maximum atomic E-state index is 5.58. The summed E-state index contributed by atoms with van der Waals surface area (Å²) in [5.74, 6) is 2.11. The molecule has 0 spiro atoms. The third kappa shape index (κ3) is 4.51. The molecular formula is C22H25N3O3S. The van der Waals surface area contributed by atoms with Crippen LogP contribution >= 0.6 is 12.2 Å². The molecule has 1 heterocycles. The van der Waals surface area contributed by atoms with E-state index >= 15 is 0 Å². The van der Waals surface area contributed by atoms with E-state index in [1.807, 2.05) is 42.5 Å². The van der Waals surface area contributed by atoms with E-state index in [4.69, 9.17) is 26.4 Å². The second kappa shape index (κ2) is 9.43. The van der Waals surface area contributed by atoms with Crippen molar-refractivity contribution in [2.45, 2.75) is 19.4 Å². The highest BCUT2D eigenvalue weighted by molar-refractivity contribution is 7.80. The van der Waals surface area contributed by atoms with Crippen molar-refractivity contribution in [2.24, 2.45) is 0 Å². The summed E-state index contributed by atoms with van der Waals surface area (Å²) in [4.78, 5) is 4.43. The molecule has 0 bridgehead atoms. The Labute approximate surface area is 176 Å². The van der Waals surface area contributed by atoms with Crippen molar-refractivity contribution >= 4 is 33.9 Å². The van der Waals surface area contributed by atoms with Crippen LogP contribution in [0.25, 0.3) is 10.9 Å². The van der Waals surface area contributed by atoms with Gasteiger partial charge in [-0.15, -0.1) is 0 Å². The lowest BCUT2D eigenvalue weighted by molar-refractivity contribution is 0.354. The van der Waals surface area contributed by atoms with E-state index in [2.05, 4.69) is 22.5 Å². The Morgan fingerprint density at radius 1 is 1.00 bits per heavy atom. The van der Waals surface area contributed by atoms with Crippen molar-refractivity contribution in [2.75, 3.05) is 26.6 Å². The van der Waals surface area contributed by atoms with E-state index in [1.54, 1.807) is 27.5 Å². The van der Waals surface area contributed by atoms with E-state index in [0.29, 0.717) is 16.6 Å². The Morgan fingerprint density at radius 3 is 2.41 bits per heavy atom. The number of nitrogens with one attached hydrogen (secondary N) is 2. The molecule has 0 saturated carbocycles. The molecule has 0 saturated heterocycles. The topological polar surface area (TPSA) is 64.6 Å². The average Bonchev–Trinajstić information content (AvgIpc) is 2.77. The lowest BCUT2D eigenvalue weighted by Gasteiger charge is -2.21. The summed E-state index contributed by atoms with van der Waals surface area (Å²) in [6, 6.07) is 13.6. The summed E-state index contributed by atoms with van der Waals surface area (Å²) in [7, 11) is 4.89. The quantitative estimate of drug-likeness (QED) is 0.547. The third-order valence-corrected chi connectivity index (χ3v) is 4.94. The molecule has 0 aliphatic carbocycles. The van der Waals surface area contributed by atoms with Gasteiger partial charge in [-0.2, -0.15) is 0 Å². The molecule has 0 radical (unpaired) electrons. The second-order valence-corrected chi connectivity index (χ2v) is 6.80. The Kier molecular flexibility index (Phi) is 6.72. The molecule has 0 aliphatic heterocycles. The normalized spacial score (nSPS) is 11.6. The van der Waals surface area contributed by atoms with Crippen LogP contribution in [0.5, 0.6) is 17.2 Å². The smallest absolute Gasteiger partial charge is 0.171 e. The van der Waals surface area contributed by atoms with E-state index in [1.165, 1.54) is 0 Å². The Balaban J connectivity index is 1.80. The minimum atomic E-state index is 0.0254. The van der Waals surface area contributed by atoms with Gasteiger partial charge in [-0.3, -0.25) is 4.98 Å². The fraction of sp³-hybridized carbons (Fsp3) is 0.273. The number of pyridine rings is 1. The number of nitrogens with zero attached hydrogens (tertiary/aromatic N) is 1. The van der Waals surface area contributed by atoms with Crippen molar-refractivity contribution in [3.63, 3.8) is 0 Å². The van der Waals surface area contributed by atoms with Gasteiger partial charge in [-0.1, -0.05) is 13.0 Å². The predicted octanol–water partition coefficient (Wildman–Crippen LogP) is 4.70. The van der Waals surface area contributed by atoms with E-state index in [9.17, 15) is 0 Å². The van der Waals surface area contributed by atoms with Crippen LogP contribution < -0.4 is 24.8 Å². The van der Waals surface area contributed by atoms with Gasteiger partial charge in [0.2, 0.25) is 0 Å². The number of rotatable bonds is 7. The molecule has 7 heteroatoms. The van der Waals surface area contributed by atoms with Gasteiger partial charge in [0.25, 0.3) is 0 Å². The van der Waals surface area contributed by atoms with Gasteiger partial charge in [0, 0.05) is 17.3 Å². The van der Waals surface area contributed by atoms with Gasteiger partial charge in [-0.25, -0.2) is 0 Å². The molecule has 2 aromatic carbocycles. The summed E-state index contributed by atoms with van der Waals surface area (Å²) in [5, 5.41) is 8.15. The number of fused-ring (bicyclic) bond motifs is 1. The highest BCUT2D eigenvalue weighted by atomic mass is 32.1. The van der Waals surface area contributed by atoms with Crippen LogP contribution in [-0.4, -0.2) is 31.4 Å². The third-order valence-electron chi connectivity index (χ3n) is 4.72. The summed E-state index contributed by atoms with van der Waals surface area (Å²) in [6.07, 6.45) is 2.59. The molecule has 0 fully saturated rings. The number of thiocarbonyl (C=S) groups is 1. The van der Waals surface area contributed by atoms with E-state index in [-0.39, 0.29) is 6.04 Å². The lowest BCUT2D eigenvalue weighted by atomic mass is 10.0. The summed E-state index contributed by atoms with van der Waals surface area (Å²) in [6.45, 7) is 2.10. The van der Waals surface area contributed by atoms with Gasteiger partial charge >= 0.3 is 0 Å². The first-order valence-electron chi connectivity index (χ1n) is 9.32. The second-order valence-electron chi connectivity index (χ2n) is 6.39. The summed E-state index contributed by atoms with van der Waals surface area (Å²) >= 11 is 5.58. The largest absolute Gasteiger partial charge is 0.494 e. The molecule has 0 amide bonds. The first-order valence-corrected chi connectivity index (χ1v) is 9.73. The highest BCUT2D eigenvalue weighted by Gasteiger charge is 2.15. The van der Waals surface area contributed by atoms with Crippen molar-refractivity contribution in [3.05, 3.63) is 54.2 Å². The van der Waals surface area contributed by atoms with Crippen molar-refractivity contribution < 1.29 is 14.2 Å². The number of ether oxygens (including phenoxy) is 3. The van der Waals surface area contributed by atoms with Crippen LogP contribution in [0.2, 0.25) is 0 Å². The Morgan fingerprint density at radius 2 is 1.72 bits per heavy atom. The van der Waals surface area contributed by atoms with Gasteiger partial charge in [0.05, 0.1) is 27.4 Å². The minimum absolute atomic E-state index is 0.0254. The Hall–Kier alpha value is -3.06. The van der Waals surface area contributed by atoms with Crippen molar-refractivity contribution in [3.8, 4) is 17.2 Å². The van der Waals surface area contributed by atoms with Crippen LogP contribution in [0.1, 0.15) is 24.9 Å². The van der Waals surface area contributed by atoms with Gasteiger partial charge in [0.15, 0.2) is 16.6 Å². The van der Waals surface area contributed by atoms with Crippen LogP contribution in [-0.2, 0) is 0 Å². The van der Waals surface area contributed by atoms with Crippen molar-refractivity contribution in [1.82, 2.24) is 10.3 Å². The number of methoxy groups -OCH3 is 3. The zero-order chi connectivity index (χ0) is 20.8. The van der Waals surface area contributed by atoms with E-state index < -0.39 is 0 Å². The maximum absolute atomic E-state index is 5.58. The fourth-order valence-corrected chi connectivity index (χ4v) is 3.48. The SMILES string of the molecule is CC[C@@H](NC(=S)Nc1ccc(OC)c2ncccc12)c1ccc(OC)c(OC)c1. The number of hydrogen-bond donors (Lipinski definition) is 2. The minimum Gasteiger partial charge on any atom is -0.494 e. The van der Waals surface area contributed by atoms with Crippen LogP contribution in [0.3, 0.4) is 0 Å². The molecule has 1 atom stereocenters. The molecule has 152 valence electrons.